The Bertz CT molecular complexity index is 1200. The number of benzene rings is 3. The summed E-state index contributed by atoms with van der Waals surface area (Å²) in [5.41, 5.74) is 3.49. The van der Waals surface area contributed by atoms with Gasteiger partial charge in [0.1, 0.15) is 22.7 Å². The quantitative estimate of drug-likeness (QED) is 0.132. The van der Waals surface area contributed by atoms with E-state index in [2.05, 4.69) is 22.4 Å². The first-order valence-corrected chi connectivity index (χ1v) is 10.0. The summed E-state index contributed by atoms with van der Waals surface area (Å²) in [5, 5.41) is 12.6. The molecule has 0 fully saturated rings. The number of nitrogens with zero attached hydrogens (tertiary/aromatic N) is 2. The molecule has 0 radical (unpaired) electrons. The van der Waals surface area contributed by atoms with E-state index < -0.39 is 11.6 Å². The second-order valence-electron chi connectivity index (χ2n) is 6.13. The van der Waals surface area contributed by atoms with Crippen LogP contribution in [0.2, 0.25) is 0 Å². The van der Waals surface area contributed by atoms with Gasteiger partial charge in [0.15, 0.2) is 0 Å². The predicted molar refractivity (Wildman–Crippen MR) is 123 cm³/mol. The molecule has 0 amide bonds. The average molecular weight is 433 g/mol. The Labute approximate surface area is 182 Å². The highest BCUT2D eigenvalue weighted by atomic mass is 32.2. The van der Waals surface area contributed by atoms with Gasteiger partial charge in [0.2, 0.25) is 0 Å². The number of aliphatic imine (C=N–C) groups is 1. The van der Waals surface area contributed by atoms with E-state index >= 15 is 0 Å². The molecule has 0 saturated carbocycles. The zero-order valence-electron chi connectivity index (χ0n) is 15.5. The van der Waals surface area contributed by atoms with Crippen LogP contribution in [0.15, 0.2) is 70.6 Å². The molecular weight excluding hydrogens is 418 g/mol. The molecule has 3 aromatic carbocycles. The summed E-state index contributed by atoms with van der Waals surface area (Å²) in [6.45, 7) is 0. The summed E-state index contributed by atoms with van der Waals surface area (Å²) in [6.07, 6.45) is 7.37. The summed E-state index contributed by atoms with van der Waals surface area (Å²) in [5.74, 6) is -0.867. The molecule has 6 heteroatoms. The van der Waals surface area contributed by atoms with Gasteiger partial charge < -0.3 is 0 Å². The lowest BCUT2D eigenvalue weighted by Crippen LogP contribution is -1.82. The first kappa shape index (κ1) is 21.4. The van der Waals surface area contributed by atoms with Gasteiger partial charge in [-0.15, -0.1) is 0 Å². The van der Waals surface area contributed by atoms with Gasteiger partial charge in [-0.2, -0.15) is 10.3 Å². The van der Waals surface area contributed by atoms with E-state index in [-0.39, 0.29) is 5.69 Å². The molecule has 0 bridgehead atoms. The van der Waals surface area contributed by atoms with Gasteiger partial charge in [0.25, 0.3) is 0 Å². The molecule has 0 heterocycles. The molecule has 0 aliphatic heterocycles. The van der Waals surface area contributed by atoms with Crippen LogP contribution in [0.3, 0.4) is 0 Å². The monoisotopic (exact) mass is 432 g/mol. The molecule has 2 nitrogen and oxygen atoms in total. The minimum Gasteiger partial charge on any atom is -0.206 e. The maximum atomic E-state index is 13.9. The van der Waals surface area contributed by atoms with Gasteiger partial charge in [-0.05, 0) is 70.5 Å². The van der Waals surface area contributed by atoms with Gasteiger partial charge >= 0.3 is 0 Å². The number of nitriles is 1. The van der Waals surface area contributed by atoms with Crippen molar-refractivity contribution in [2.24, 2.45) is 4.99 Å². The van der Waals surface area contributed by atoms with E-state index in [0.29, 0.717) is 16.0 Å². The van der Waals surface area contributed by atoms with Crippen LogP contribution in [0.4, 0.5) is 14.5 Å². The third kappa shape index (κ3) is 5.82. The third-order valence-corrected chi connectivity index (χ3v) is 4.86. The van der Waals surface area contributed by atoms with Crippen molar-refractivity contribution in [3.8, 4) is 5.40 Å². The summed E-state index contributed by atoms with van der Waals surface area (Å²) >= 11 is 5.29. The first-order chi connectivity index (χ1) is 14.6. The fourth-order valence-corrected chi connectivity index (χ4v) is 3.11. The van der Waals surface area contributed by atoms with Crippen molar-refractivity contribution in [3.63, 3.8) is 0 Å². The Morgan fingerprint density at radius 2 is 1.27 bits per heavy atom. The van der Waals surface area contributed by atoms with Gasteiger partial charge in [0, 0.05) is 0 Å². The Hall–Kier alpha value is -3.36. The number of thioether (sulfide) groups is 1. The Kier molecular flexibility index (Phi) is 7.42. The maximum Gasteiger partial charge on any atom is 0.150 e. The molecule has 3 aromatic rings. The second kappa shape index (κ2) is 10.4. The highest BCUT2D eigenvalue weighted by Gasteiger charge is 2.03. The zero-order chi connectivity index (χ0) is 21.3. The Balaban J connectivity index is 1.68. The van der Waals surface area contributed by atoms with E-state index in [0.717, 1.165) is 22.9 Å². The van der Waals surface area contributed by atoms with Gasteiger partial charge in [-0.1, -0.05) is 60.7 Å². The molecule has 0 aromatic heterocycles. The molecular formula is C24H14F2N2S2. The van der Waals surface area contributed by atoms with Gasteiger partial charge in [-0.3, -0.25) is 0 Å². The number of thiocarbonyl (C=S) groups is 1. The van der Waals surface area contributed by atoms with Crippen molar-refractivity contribution in [3.05, 3.63) is 94.6 Å². The van der Waals surface area contributed by atoms with Crippen molar-refractivity contribution in [2.75, 3.05) is 0 Å². The van der Waals surface area contributed by atoms with Crippen molar-refractivity contribution >= 4 is 59.1 Å². The molecule has 146 valence electrons. The largest absolute Gasteiger partial charge is 0.206 e. The van der Waals surface area contributed by atoms with E-state index in [9.17, 15) is 8.78 Å². The Morgan fingerprint density at radius 3 is 1.77 bits per heavy atom. The molecule has 0 N–H and O–H groups in total. The predicted octanol–water partition coefficient (Wildman–Crippen LogP) is 7.61. The van der Waals surface area contributed by atoms with Crippen molar-refractivity contribution in [1.82, 2.24) is 0 Å². The normalized spacial score (nSPS) is 10.8. The Morgan fingerprint density at radius 1 is 0.767 bits per heavy atom. The maximum absolute atomic E-state index is 13.9. The molecule has 0 aliphatic carbocycles. The number of halogens is 2. The minimum absolute atomic E-state index is 0.164. The number of hydrogen-bond acceptors (Lipinski definition) is 4. The molecule has 0 saturated heterocycles. The summed E-state index contributed by atoms with van der Waals surface area (Å²) in [7, 11) is 0. The number of isothiocyanates is 1. The minimum atomic E-state index is -0.453. The summed E-state index contributed by atoms with van der Waals surface area (Å²) in [4.78, 5) is 3.97. The van der Waals surface area contributed by atoms with Crippen LogP contribution in [0.25, 0.3) is 24.3 Å². The smallest absolute Gasteiger partial charge is 0.150 e. The lowest BCUT2D eigenvalue weighted by atomic mass is 10.1. The van der Waals surface area contributed by atoms with Crippen molar-refractivity contribution < 1.29 is 8.78 Å². The van der Waals surface area contributed by atoms with Gasteiger partial charge in [-0.25, -0.2) is 8.78 Å². The highest BCUT2D eigenvalue weighted by Crippen LogP contribution is 2.23. The standard InChI is InChI=1S/C24H14F2N2S2/c25-21-13-19(9-11-23(21)28-16-29)7-5-17-1-3-18(4-2-17)6-8-20-10-12-24(30-15-27)22(26)14-20/h1-14H/b7-5+,8-6+. The first-order valence-electron chi connectivity index (χ1n) is 8.78. The SMILES string of the molecule is N#CSc1ccc(/C=C/c2ccc(/C=C/c3ccc(N=C=S)c(F)c3)cc2)cc1F. The average Bonchev–Trinajstić information content (AvgIpc) is 2.75. The van der Waals surface area contributed by atoms with E-state index in [1.165, 1.54) is 12.1 Å². The molecule has 0 atom stereocenters. The van der Waals surface area contributed by atoms with Crippen LogP contribution >= 0.6 is 24.0 Å². The lowest BCUT2D eigenvalue weighted by molar-refractivity contribution is 0.602. The molecule has 0 aliphatic rings. The van der Waals surface area contributed by atoms with E-state index in [4.69, 9.17) is 5.26 Å². The fraction of sp³-hybridized carbons (Fsp3) is 0. The molecule has 30 heavy (non-hydrogen) atoms. The van der Waals surface area contributed by atoms with Gasteiger partial charge in [0.05, 0.1) is 10.1 Å². The topological polar surface area (TPSA) is 36.1 Å². The van der Waals surface area contributed by atoms with Crippen LogP contribution in [-0.4, -0.2) is 5.16 Å². The van der Waals surface area contributed by atoms with Crippen LogP contribution in [0.1, 0.15) is 22.3 Å². The molecule has 0 unspecified atom stereocenters. The second-order valence-corrected chi connectivity index (χ2v) is 7.14. The third-order valence-electron chi connectivity index (χ3n) is 4.12. The van der Waals surface area contributed by atoms with Crippen LogP contribution in [-0.2, 0) is 0 Å². The van der Waals surface area contributed by atoms with Crippen LogP contribution in [0.5, 0.6) is 0 Å². The number of rotatable bonds is 6. The van der Waals surface area contributed by atoms with E-state index in [1.807, 2.05) is 54.0 Å². The lowest BCUT2D eigenvalue weighted by Gasteiger charge is -2.00. The highest BCUT2D eigenvalue weighted by molar-refractivity contribution is 8.03. The van der Waals surface area contributed by atoms with E-state index in [1.54, 1.807) is 24.3 Å². The number of thiocyanates is 1. The fourth-order valence-electron chi connectivity index (χ4n) is 2.62. The van der Waals surface area contributed by atoms with Crippen LogP contribution < -0.4 is 0 Å². The summed E-state index contributed by atoms with van der Waals surface area (Å²) in [6, 6.07) is 17.2. The molecule has 0 spiro atoms. The van der Waals surface area contributed by atoms with Crippen molar-refractivity contribution in [1.29, 1.82) is 5.26 Å². The van der Waals surface area contributed by atoms with Crippen LogP contribution in [0, 0.1) is 22.3 Å². The molecule has 3 rings (SSSR count). The number of hydrogen-bond donors (Lipinski definition) is 0. The zero-order valence-corrected chi connectivity index (χ0v) is 17.2. The summed E-state index contributed by atoms with van der Waals surface area (Å²) < 4.78 is 27.7. The van der Waals surface area contributed by atoms with Crippen molar-refractivity contribution in [2.45, 2.75) is 4.90 Å².